The molecule has 0 aromatic rings. The SMILES string of the molecule is O=C([O-])/C=C/C(=O)O.O=C([O-])/C=C/C(=O)[O-].[Na+].[Na+].[Na+]. The number of carboxylic acids is 4. The van der Waals surface area contributed by atoms with E-state index in [0.29, 0.717) is 24.3 Å². The van der Waals surface area contributed by atoms with Gasteiger partial charge >= 0.3 is 94.6 Å². The van der Waals surface area contributed by atoms with Gasteiger partial charge in [-0.05, 0) is 18.2 Å². The van der Waals surface area contributed by atoms with E-state index in [2.05, 4.69) is 0 Å². The quantitative estimate of drug-likeness (QED) is 0.395. The van der Waals surface area contributed by atoms with Gasteiger partial charge in [-0.3, -0.25) is 0 Å². The summed E-state index contributed by atoms with van der Waals surface area (Å²) in [6.07, 6.45) is 1.71. The molecule has 0 amide bonds. The van der Waals surface area contributed by atoms with E-state index in [1.54, 1.807) is 0 Å². The van der Waals surface area contributed by atoms with Crippen LogP contribution in [0.2, 0.25) is 0 Å². The van der Waals surface area contributed by atoms with Gasteiger partial charge in [0, 0.05) is 6.08 Å². The van der Waals surface area contributed by atoms with E-state index in [0.717, 1.165) is 0 Å². The third kappa shape index (κ3) is 45.8. The van der Waals surface area contributed by atoms with Crippen LogP contribution in [-0.4, -0.2) is 29.0 Å². The molecule has 0 aromatic heterocycles. The number of aliphatic carboxylic acids is 4. The fraction of sp³-hybridized carbons (Fsp3) is 0. The van der Waals surface area contributed by atoms with Crippen molar-refractivity contribution in [2.75, 3.05) is 0 Å². The molecule has 0 bridgehead atoms. The average Bonchev–Trinajstić information content (AvgIpc) is 2.12. The molecular weight excluding hydrogens is 293 g/mol. The Balaban J connectivity index is -0.0000000594. The molecule has 0 radical (unpaired) electrons. The zero-order valence-electron chi connectivity index (χ0n) is 10.6. The van der Waals surface area contributed by atoms with Gasteiger partial charge in [-0.15, -0.1) is 0 Å². The molecular formula is C8H5Na3O8. The molecule has 0 unspecified atom stereocenters. The van der Waals surface area contributed by atoms with Crippen molar-refractivity contribution in [1.82, 2.24) is 0 Å². The molecule has 0 fully saturated rings. The minimum absolute atomic E-state index is 0. The molecule has 0 aliphatic heterocycles. The fourth-order valence-corrected chi connectivity index (χ4v) is 0.275. The fourth-order valence-electron chi connectivity index (χ4n) is 0.275. The number of rotatable bonds is 4. The zero-order chi connectivity index (χ0) is 13.1. The zero-order valence-corrected chi connectivity index (χ0v) is 16.6. The number of hydrogen-bond donors (Lipinski definition) is 1. The van der Waals surface area contributed by atoms with Crippen molar-refractivity contribution in [2.24, 2.45) is 0 Å². The molecule has 88 valence electrons. The molecule has 0 rings (SSSR count). The van der Waals surface area contributed by atoms with Gasteiger partial charge in [0.05, 0.1) is 17.9 Å². The third-order valence-corrected chi connectivity index (χ3v) is 0.717. The molecule has 0 spiro atoms. The summed E-state index contributed by atoms with van der Waals surface area (Å²) in [4.78, 5) is 37.8. The minimum Gasteiger partial charge on any atom is -0.545 e. The van der Waals surface area contributed by atoms with E-state index >= 15 is 0 Å². The van der Waals surface area contributed by atoms with Gasteiger partial charge in [-0.1, -0.05) is 0 Å². The van der Waals surface area contributed by atoms with Gasteiger partial charge in [0.15, 0.2) is 0 Å². The van der Waals surface area contributed by atoms with Crippen LogP contribution in [0.15, 0.2) is 24.3 Å². The van der Waals surface area contributed by atoms with Crippen LogP contribution in [-0.2, 0) is 19.2 Å². The molecule has 1 N–H and O–H groups in total. The van der Waals surface area contributed by atoms with E-state index in [-0.39, 0.29) is 88.7 Å². The molecule has 0 saturated heterocycles. The first-order valence-electron chi connectivity index (χ1n) is 3.47. The number of carbonyl (C=O) groups excluding carboxylic acids is 3. The summed E-state index contributed by atoms with van der Waals surface area (Å²) < 4.78 is 0. The van der Waals surface area contributed by atoms with Gasteiger partial charge in [-0.2, -0.15) is 0 Å². The van der Waals surface area contributed by atoms with Crippen molar-refractivity contribution in [3.63, 3.8) is 0 Å². The van der Waals surface area contributed by atoms with Crippen molar-refractivity contribution in [1.29, 1.82) is 0 Å². The van der Waals surface area contributed by atoms with E-state index in [4.69, 9.17) is 5.11 Å². The van der Waals surface area contributed by atoms with Crippen LogP contribution in [0.1, 0.15) is 0 Å². The van der Waals surface area contributed by atoms with Crippen LogP contribution in [0.3, 0.4) is 0 Å². The summed E-state index contributed by atoms with van der Waals surface area (Å²) >= 11 is 0. The Bertz CT molecular complexity index is 284. The van der Waals surface area contributed by atoms with E-state index in [1.807, 2.05) is 0 Å². The second-order valence-corrected chi connectivity index (χ2v) is 1.96. The Kier molecular flexibility index (Phi) is 34.4. The van der Waals surface area contributed by atoms with Crippen molar-refractivity contribution >= 4 is 23.9 Å². The van der Waals surface area contributed by atoms with Gasteiger partial charge in [0.25, 0.3) is 0 Å². The summed E-state index contributed by atoms with van der Waals surface area (Å²) in [6.45, 7) is 0. The Hall–Kier alpha value is 0.360. The molecule has 0 aliphatic carbocycles. The summed E-state index contributed by atoms with van der Waals surface area (Å²) in [5.41, 5.74) is 0. The van der Waals surface area contributed by atoms with Crippen LogP contribution >= 0.6 is 0 Å². The summed E-state index contributed by atoms with van der Waals surface area (Å²) in [6, 6.07) is 0. The van der Waals surface area contributed by atoms with Crippen LogP contribution in [0.25, 0.3) is 0 Å². The standard InChI is InChI=1S/2C4H4O4.3Na/c2*5-3(6)1-2-4(7)8;;;/h2*1-2H,(H,5,6)(H,7,8);;;/q;;3*+1/p-3/b2*2-1+;;;. The Morgan fingerprint density at radius 3 is 0.947 bits per heavy atom. The molecule has 19 heavy (non-hydrogen) atoms. The molecule has 8 nitrogen and oxygen atoms in total. The second-order valence-electron chi connectivity index (χ2n) is 1.96. The summed E-state index contributed by atoms with van der Waals surface area (Å²) in [7, 11) is 0. The van der Waals surface area contributed by atoms with Crippen molar-refractivity contribution in [3.8, 4) is 0 Å². The van der Waals surface area contributed by atoms with E-state index in [1.165, 1.54) is 0 Å². The van der Waals surface area contributed by atoms with Crippen LogP contribution in [0, 0.1) is 0 Å². The predicted octanol–water partition coefficient (Wildman–Crippen LogP) is -13.6. The van der Waals surface area contributed by atoms with Gasteiger partial charge in [0.2, 0.25) is 0 Å². The van der Waals surface area contributed by atoms with Gasteiger partial charge in [-0.25, -0.2) is 4.79 Å². The molecule has 11 heteroatoms. The van der Waals surface area contributed by atoms with Crippen molar-refractivity contribution < 1.29 is 128 Å². The Labute approximate surface area is 174 Å². The summed E-state index contributed by atoms with van der Waals surface area (Å²) in [5, 5.41) is 36.1. The Morgan fingerprint density at radius 1 is 0.632 bits per heavy atom. The number of carboxylic acid groups (broad SMARTS) is 4. The van der Waals surface area contributed by atoms with Crippen LogP contribution in [0.4, 0.5) is 0 Å². The summed E-state index contributed by atoms with van der Waals surface area (Å²) in [5.74, 6) is -5.90. The third-order valence-electron chi connectivity index (χ3n) is 0.717. The van der Waals surface area contributed by atoms with Crippen molar-refractivity contribution in [2.45, 2.75) is 0 Å². The first kappa shape index (κ1) is 31.6. The maximum atomic E-state index is 9.53. The van der Waals surface area contributed by atoms with Gasteiger partial charge < -0.3 is 34.8 Å². The van der Waals surface area contributed by atoms with Crippen molar-refractivity contribution in [3.05, 3.63) is 24.3 Å². The Morgan fingerprint density at radius 2 is 0.842 bits per heavy atom. The number of hydrogen-bond acceptors (Lipinski definition) is 7. The smallest absolute Gasteiger partial charge is 0.545 e. The largest absolute Gasteiger partial charge is 1.00 e. The molecule has 0 aromatic carbocycles. The predicted molar refractivity (Wildman–Crippen MR) is 40.9 cm³/mol. The maximum Gasteiger partial charge on any atom is 1.00 e. The molecule has 0 heterocycles. The molecule has 0 aliphatic rings. The number of carbonyl (C=O) groups is 4. The monoisotopic (exact) mass is 298 g/mol. The first-order valence-corrected chi connectivity index (χ1v) is 3.47. The second kappa shape index (κ2) is 20.7. The first-order chi connectivity index (χ1) is 7.25. The van der Waals surface area contributed by atoms with Gasteiger partial charge in [0.1, 0.15) is 0 Å². The molecule has 0 saturated carbocycles. The van der Waals surface area contributed by atoms with E-state index in [9.17, 15) is 34.5 Å². The van der Waals surface area contributed by atoms with Crippen LogP contribution in [0.5, 0.6) is 0 Å². The van der Waals surface area contributed by atoms with Crippen LogP contribution < -0.4 is 104 Å². The maximum absolute atomic E-state index is 9.53. The normalized spacial score (nSPS) is 8.00. The minimum atomic E-state index is -1.55. The topological polar surface area (TPSA) is 158 Å². The molecule has 0 atom stereocenters. The average molecular weight is 298 g/mol. The van der Waals surface area contributed by atoms with E-state index < -0.39 is 23.9 Å².